The summed E-state index contributed by atoms with van der Waals surface area (Å²) >= 11 is 0. The Kier molecular flexibility index (Phi) is 6.20. The maximum atomic E-state index is 12.2. The standard InChI is InChI=1S/C16H30N2O3/c1-11(2)8-18-9-12(14(19)21-6)7-13(10-18)17-15(20)16(3,4)5/h11-13H,7-10H2,1-6H3,(H,17,20). The van der Waals surface area contributed by atoms with Gasteiger partial charge in [0.15, 0.2) is 0 Å². The molecule has 0 aliphatic carbocycles. The molecule has 2 unspecified atom stereocenters. The van der Waals surface area contributed by atoms with E-state index in [0.29, 0.717) is 18.9 Å². The fourth-order valence-electron chi connectivity index (χ4n) is 2.70. The highest BCUT2D eigenvalue weighted by atomic mass is 16.5. The molecule has 21 heavy (non-hydrogen) atoms. The average molecular weight is 298 g/mol. The summed E-state index contributed by atoms with van der Waals surface area (Å²) in [6, 6.07) is 0.00771. The van der Waals surface area contributed by atoms with Gasteiger partial charge in [-0.15, -0.1) is 0 Å². The van der Waals surface area contributed by atoms with Crippen molar-refractivity contribution in [3.05, 3.63) is 0 Å². The number of hydrogen-bond donors (Lipinski definition) is 1. The molecular weight excluding hydrogens is 268 g/mol. The molecule has 1 aliphatic rings. The van der Waals surface area contributed by atoms with E-state index in [1.54, 1.807) is 0 Å². The van der Waals surface area contributed by atoms with Crippen LogP contribution < -0.4 is 5.32 Å². The lowest BCUT2D eigenvalue weighted by Crippen LogP contribution is -2.54. The number of amides is 1. The normalized spacial score (nSPS) is 24.0. The van der Waals surface area contributed by atoms with Crippen molar-refractivity contribution in [3.8, 4) is 0 Å². The first-order chi connectivity index (χ1) is 9.63. The number of carbonyl (C=O) groups is 2. The second-order valence-corrected chi connectivity index (χ2v) is 7.49. The molecule has 1 rings (SSSR count). The Morgan fingerprint density at radius 3 is 2.38 bits per heavy atom. The van der Waals surface area contributed by atoms with Gasteiger partial charge in [-0.25, -0.2) is 0 Å². The zero-order valence-corrected chi connectivity index (χ0v) is 14.2. The fourth-order valence-corrected chi connectivity index (χ4v) is 2.70. The largest absolute Gasteiger partial charge is 0.469 e. The van der Waals surface area contributed by atoms with E-state index in [1.165, 1.54) is 7.11 Å². The Labute approximate surface area is 128 Å². The van der Waals surface area contributed by atoms with Gasteiger partial charge in [0.25, 0.3) is 0 Å². The molecule has 1 fully saturated rings. The summed E-state index contributed by atoms with van der Waals surface area (Å²) in [5, 5.41) is 3.08. The molecule has 0 spiro atoms. The Hall–Kier alpha value is -1.10. The molecule has 2 atom stereocenters. The van der Waals surface area contributed by atoms with Gasteiger partial charge in [-0.3, -0.25) is 9.59 Å². The van der Waals surface area contributed by atoms with Crippen molar-refractivity contribution < 1.29 is 14.3 Å². The van der Waals surface area contributed by atoms with Crippen molar-refractivity contribution in [3.63, 3.8) is 0 Å². The third-order valence-electron chi connectivity index (χ3n) is 3.70. The van der Waals surface area contributed by atoms with E-state index in [4.69, 9.17) is 4.74 Å². The molecule has 0 aromatic rings. The van der Waals surface area contributed by atoms with Crippen LogP contribution in [0.25, 0.3) is 0 Å². The first-order valence-corrected chi connectivity index (χ1v) is 7.74. The van der Waals surface area contributed by atoms with Crippen LogP contribution in [0.2, 0.25) is 0 Å². The number of piperidine rings is 1. The summed E-state index contributed by atoms with van der Waals surface area (Å²) in [4.78, 5) is 26.3. The van der Waals surface area contributed by atoms with Crippen LogP contribution in [0.15, 0.2) is 0 Å². The molecule has 1 heterocycles. The molecule has 0 aromatic heterocycles. The number of likely N-dealkylation sites (tertiary alicyclic amines) is 1. The molecule has 1 aliphatic heterocycles. The fraction of sp³-hybridized carbons (Fsp3) is 0.875. The molecule has 5 nitrogen and oxygen atoms in total. The van der Waals surface area contributed by atoms with Gasteiger partial charge in [-0.1, -0.05) is 34.6 Å². The lowest BCUT2D eigenvalue weighted by Gasteiger charge is -2.38. The predicted molar refractivity (Wildman–Crippen MR) is 82.8 cm³/mol. The van der Waals surface area contributed by atoms with Gasteiger partial charge >= 0.3 is 5.97 Å². The first kappa shape index (κ1) is 18.0. The summed E-state index contributed by atoms with van der Waals surface area (Å²) < 4.78 is 4.89. The van der Waals surface area contributed by atoms with Crippen LogP contribution in [0.3, 0.4) is 0 Å². The predicted octanol–water partition coefficient (Wildman–Crippen LogP) is 1.67. The summed E-state index contributed by atoms with van der Waals surface area (Å²) in [5.74, 6) is 0.217. The van der Waals surface area contributed by atoms with Gasteiger partial charge in [0.05, 0.1) is 13.0 Å². The van der Waals surface area contributed by atoms with Crippen molar-refractivity contribution in [2.24, 2.45) is 17.3 Å². The van der Waals surface area contributed by atoms with Crippen LogP contribution in [0.1, 0.15) is 41.0 Å². The molecule has 5 heteroatoms. The van der Waals surface area contributed by atoms with Crippen LogP contribution in [-0.4, -0.2) is 49.6 Å². The molecule has 122 valence electrons. The van der Waals surface area contributed by atoms with Crippen molar-refractivity contribution >= 4 is 11.9 Å². The highest BCUT2D eigenvalue weighted by Crippen LogP contribution is 2.21. The molecule has 0 bridgehead atoms. The zero-order chi connectivity index (χ0) is 16.2. The minimum Gasteiger partial charge on any atom is -0.469 e. The zero-order valence-electron chi connectivity index (χ0n) is 14.2. The molecule has 0 radical (unpaired) electrons. The van der Waals surface area contributed by atoms with Gasteiger partial charge in [-0.05, 0) is 12.3 Å². The van der Waals surface area contributed by atoms with E-state index in [0.717, 1.165) is 13.1 Å². The van der Waals surface area contributed by atoms with E-state index in [9.17, 15) is 9.59 Å². The summed E-state index contributed by atoms with van der Waals surface area (Å²) in [7, 11) is 1.42. The number of carbonyl (C=O) groups excluding carboxylic acids is 2. The van der Waals surface area contributed by atoms with Gasteiger partial charge in [0, 0.05) is 31.1 Å². The number of hydrogen-bond acceptors (Lipinski definition) is 4. The Bertz CT molecular complexity index is 374. The van der Waals surface area contributed by atoms with Gasteiger partial charge < -0.3 is 15.0 Å². The second-order valence-electron chi connectivity index (χ2n) is 7.49. The molecule has 0 saturated carbocycles. The monoisotopic (exact) mass is 298 g/mol. The molecule has 1 amide bonds. The van der Waals surface area contributed by atoms with Crippen molar-refractivity contribution in [2.75, 3.05) is 26.7 Å². The van der Waals surface area contributed by atoms with E-state index < -0.39 is 5.41 Å². The van der Waals surface area contributed by atoms with Gasteiger partial charge in [0.1, 0.15) is 0 Å². The number of nitrogens with one attached hydrogen (secondary N) is 1. The van der Waals surface area contributed by atoms with Crippen LogP contribution >= 0.6 is 0 Å². The molecular formula is C16H30N2O3. The van der Waals surface area contributed by atoms with E-state index >= 15 is 0 Å². The summed E-state index contributed by atoms with van der Waals surface area (Å²) in [5.41, 5.74) is -0.416. The van der Waals surface area contributed by atoms with Crippen molar-refractivity contribution in [1.29, 1.82) is 0 Å². The Balaban J connectivity index is 2.73. The quantitative estimate of drug-likeness (QED) is 0.802. The number of esters is 1. The summed E-state index contributed by atoms with van der Waals surface area (Å²) in [6.45, 7) is 12.4. The topological polar surface area (TPSA) is 58.6 Å². The van der Waals surface area contributed by atoms with Crippen molar-refractivity contribution in [2.45, 2.75) is 47.1 Å². The smallest absolute Gasteiger partial charge is 0.310 e. The number of methoxy groups -OCH3 is 1. The number of ether oxygens (including phenoxy) is 1. The minimum atomic E-state index is -0.416. The minimum absolute atomic E-state index is 0.00771. The van der Waals surface area contributed by atoms with Gasteiger partial charge in [0.2, 0.25) is 5.91 Å². The van der Waals surface area contributed by atoms with Gasteiger partial charge in [-0.2, -0.15) is 0 Å². The maximum absolute atomic E-state index is 12.2. The Morgan fingerprint density at radius 2 is 1.90 bits per heavy atom. The lowest BCUT2D eigenvalue weighted by molar-refractivity contribution is -0.148. The van der Waals surface area contributed by atoms with Crippen LogP contribution in [0.4, 0.5) is 0 Å². The van der Waals surface area contributed by atoms with Crippen molar-refractivity contribution in [1.82, 2.24) is 10.2 Å². The third kappa shape index (κ3) is 5.65. The Morgan fingerprint density at radius 1 is 1.29 bits per heavy atom. The van der Waals surface area contributed by atoms with Crippen LogP contribution in [-0.2, 0) is 14.3 Å². The number of nitrogens with zero attached hydrogens (tertiary/aromatic N) is 1. The average Bonchev–Trinajstić information content (AvgIpc) is 2.35. The highest BCUT2D eigenvalue weighted by molar-refractivity contribution is 5.81. The van der Waals surface area contributed by atoms with E-state index in [2.05, 4.69) is 24.1 Å². The lowest BCUT2D eigenvalue weighted by atomic mass is 9.91. The maximum Gasteiger partial charge on any atom is 0.310 e. The second kappa shape index (κ2) is 7.25. The first-order valence-electron chi connectivity index (χ1n) is 7.74. The molecule has 1 N–H and O–H groups in total. The highest BCUT2D eigenvalue weighted by Gasteiger charge is 2.34. The SMILES string of the molecule is COC(=O)C1CC(NC(=O)C(C)(C)C)CN(CC(C)C)C1. The number of rotatable bonds is 4. The van der Waals surface area contributed by atoms with E-state index in [-0.39, 0.29) is 23.8 Å². The van der Waals surface area contributed by atoms with E-state index in [1.807, 2.05) is 20.8 Å². The molecule has 0 aromatic carbocycles. The third-order valence-corrected chi connectivity index (χ3v) is 3.70. The summed E-state index contributed by atoms with van der Waals surface area (Å²) in [6.07, 6.45) is 0.656. The molecule has 1 saturated heterocycles. The van der Waals surface area contributed by atoms with Crippen LogP contribution in [0, 0.1) is 17.3 Å². The van der Waals surface area contributed by atoms with Crippen LogP contribution in [0.5, 0.6) is 0 Å².